The molecule has 1 heterocycles. The number of hydrogen-bond donors (Lipinski definition) is 1. The highest BCUT2D eigenvalue weighted by molar-refractivity contribution is 5.76. The number of methoxy groups -OCH3 is 2. The Kier molecular flexibility index (Phi) is 5.84. The van der Waals surface area contributed by atoms with Crippen LogP contribution >= 0.6 is 0 Å². The monoisotopic (exact) mass is 331 g/mol. The summed E-state index contributed by atoms with van der Waals surface area (Å²) in [5, 5.41) is 7.12. The third-order valence-corrected chi connectivity index (χ3v) is 4.20. The number of aromatic nitrogens is 2. The molecular formula is C18H25N3O3. The molecule has 6 heteroatoms. The average molecular weight is 331 g/mol. The van der Waals surface area contributed by atoms with Crippen molar-refractivity contribution >= 4 is 5.91 Å². The highest BCUT2D eigenvalue weighted by atomic mass is 16.5. The van der Waals surface area contributed by atoms with Gasteiger partial charge in [-0.1, -0.05) is 0 Å². The molecule has 0 atom stereocenters. The maximum atomic E-state index is 12.4. The van der Waals surface area contributed by atoms with Crippen molar-refractivity contribution in [2.75, 3.05) is 21.3 Å². The molecule has 1 aromatic heterocycles. The number of benzene rings is 1. The minimum atomic E-state index is 0.0906. The number of rotatable bonds is 7. The number of H-pyrrole nitrogens is 1. The molecule has 1 aromatic carbocycles. The van der Waals surface area contributed by atoms with E-state index < -0.39 is 0 Å². The molecule has 0 fully saturated rings. The number of aryl methyl sites for hydroxylation is 2. The van der Waals surface area contributed by atoms with Gasteiger partial charge in [-0.05, 0) is 38.0 Å². The van der Waals surface area contributed by atoms with Crippen molar-refractivity contribution in [3.05, 3.63) is 40.7 Å². The Morgan fingerprint density at radius 2 is 2.00 bits per heavy atom. The molecule has 0 saturated carbocycles. The Hall–Kier alpha value is -2.50. The van der Waals surface area contributed by atoms with E-state index in [1.165, 1.54) is 0 Å². The molecular weight excluding hydrogens is 306 g/mol. The Morgan fingerprint density at radius 1 is 1.25 bits per heavy atom. The van der Waals surface area contributed by atoms with E-state index in [2.05, 4.69) is 10.2 Å². The van der Waals surface area contributed by atoms with Gasteiger partial charge in [0.05, 0.1) is 19.9 Å². The fourth-order valence-corrected chi connectivity index (χ4v) is 2.69. The second kappa shape index (κ2) is 7.86. The smallest absolute Gasteiger partial charge is 0.222 e. The Bertz CT molecular complexity index is 690. The molecule has 0 bridgehead atoms. The van der Waals surface area contributed by atoms with E-state index in [-0.39, 0.29) is 5.91 Å². The number of amides is 1. The molecule has 2 aromatic rings. The third kappa shape index (κ3) is 4.07. The number of carbonyl (C=O) groups is 1. The first-order valence-corrected chi connectivity index (χ1v) is 7.91. The van der Waals surface area contributed by atoms with E-state index in [0.717, 1.165) is 34.0 Å². The van der Waals surface area contributed by atoms with Gasteiger partial charge in [-0.2, -0.15) is 5.10 Å². The van der Waals surface area contributed by atoms with Crippen molar-refractivity contribution in [3.8, 4) is 11.5 Å². The van der Waals surface area contributed by atoms with E-state index in [1.807, 2.05) is 32.0 Å². The molecule has 1 amide bonds. The molecule has 1 N–H and O–H groups in total. The average Bonchev–Trinajstić information content (AvgIpc) is 2.91. The summed E-state index contributed by atoms with van der Waals surface area (Å²) in [6, 6.07) is 5.62. The van der Waals surface area contributed by atoms with E-state index in [0.29, 0.717) is 19.4 Å². The zero-order chi connectivity index (χ0) is 17.7. The van der Waals surface area contributed by atoms with Crippen molar-refractivity contribution in [1.29, 1.82) is 0 Å². The summed E-state index contributed by atoms with van der Waals surface area (Å²) in [6.07, 6.45) is 1.15. The zero-order valence-electron chi connectivity index (χ0n) is 15.0. The second-order valence-corrected chi connectivity index (χ2v) is 5.84. The summed E-state index contributed by atoms with van der Waals surface area (Å²) in [4.78, 5) is 14.1. The second-order valence-electron chi connectivity index (χ2n) is 5.84. The van der Waals surface area contributed by atoms with Crippen LogP contribution in [0.25, 0.3) is 0 Å². The Balaban J connectivity index is 1.99. The van der Waals surface area contributed by atoms with Crippen LogP contribution in [0.4, 0.5) is 0 Å². The molecule has 0 unspecified atom stereocenters. The lowest BCUT2D eigenvalue weighted by molar-refractivity contribution is -0.130. The van der Waals surface area contributed by atoms with Gasteiger partial charge in [-0.25, -0.2) is 0 Å². The highest BCUT2D eigenvalue weighted by Gasteiger charge is 2.15. The highest BCUT2D eigenvalue weighted by Crippen LogP contribution is 2.25. The minimum absolute atomic E-state index is 0.0906. The zero-order valence-corrected chi connectivity index (χ0v) is 15.0. The van der Waals surface area contributed by atoms with Gasteiger partial charge in [0.25, 0.3) is 0 Å². The van der Waals surface area contributed by atoms with Crippen molar-refractivity contribution < 1.29 is 14.3 Å². The topological polar surface area (TPSA) is 67.5 Å². The van der Waals surface area contributed by atoms with Crippen LogP contribution in [0.15, 0.2) is 18.2 Å². The van der Waals surface area contributed by atoms with Crippen LogP contribution in [0.5, 0.6) is 11.5 Å². The number of carbonyl (C=O) groups excluding carboxylic acids is 1. The summed E-state index contributed by atoms with van der Waals surface area (Å²) in [5.74, 6) is 1.54. The van der Waals surface area contributed by atoms with Gasteiger partial charge in [0.1, 0.15) is 11.5 Å². The molecule has 24 heavy (non-hydrogen) atoms. The quantitative estimate of drug-likeness (QED) is 0.847. The van der Waals surface area contributed by atoms with Gasteiger partial charge >= 0.3 is 0 Å². The first-order chi connectivity index (χ1) is 11.5. The SMILES string of the molecule is COc1ccc(CN(C)C(=O)CCc2c(C)n[nH]c2C)c(OC)c1. The molecule has 0 radical (unpaired) electrons. The van der Waals surface area contributed by atoms with Crippen LogP contribution in [0.2, 0.25) is 0 Å². The van der Waals surface area contributed by atoms with Gasteiger partial charge in [0, 0.05) is 37.3 Å². The van der Waals surface area contributed by atoms with Gasteiger partial charge in [0.15, 0.2) is 0 Å². The fraction of sp³-hybridized carbons (Fsp3) is 0.444. The Labute approximate surface area is 142 Å². The molecule has 0 aliphatic heterocycles. The van der Waals surface area contributed by atoms with Crippen molar-refractivity contribution in [2.24, 2.45) is 0 Å². The molecule has 0 aliphatic carbocycles. The van der Waals surface area contributed by atoms with Gasteiger partial charge in [-0.3, -0.25) is 9.89 Å². The van der Waals surface area contributed by atoms with E-state index in [1.54, 1.807) is 26.2 Å². The van der Waals surface area contributed by atoms with Crippen molar-refractivity contribution in [3.63, 3.8) is 0 Å². The number of ether oxygens (including phenoxy) is 2. The lowest BCUT2D eigenvalue weighted by Gasteiger charge is -2.19. The largest absolute Gasteiger partial charge is 0.497 e. The summed E-state index contributed by atoms with van der Waals surface area (Å²) in [7, 11) is 5.04. The number of hydrogen-bond acceptors (Lipinski definition) is 4. The predicted molar refractivity (Wildman–Crippen MR) is 92.4 cm³/mol. The summed E-state index contributed by atoms with van der Waals surface area (Å²) < 4.78 is 10.6. The lowest BCUT2D eigenvalue weighted by atomic mass is 10.1. The van der Waals surface area contributed by atoms with Gasteiger partial charge in [0.2, 0.25) is 5.91 Å². The van der Waals surface area contributed by atoms with Crippen LogP contribution in [-0.2, 0) is 17.8 Å². The number of aromatic amines is 1. The normalized spacial score (nSPS) is 10.5. The van der Waals surface area contributed by atoms with Crippen LogP contribution in [0.3, 0.4) is 0 Å². The number of nitrogens with zero attached hydrogens (tertiary/aromatic N) is 2. The van der Waals surface area contributed by atoms with Crippen molar-refractivity contribution in [1.82, 2.24) is 15.1 Å². The standard InChI is InChI=1S/C18H25N3O3/c1-12-16(13(2)20-19-12)8-9-18(22)21(3)11-14-6-7-15(23-4)10-17(14)24-5/h6-7,10H,8-9,11H2,1-5H3,(H,19,20). The first kappa shape index (κ1) is 17.8. The molecule has 0 spiro atoms. The molecule has 0 saturated heterocycles. The van der Waals surface area contributed by atoms with E-state index in [9.17, 15) is 4.79 Å². The van der Waals surface area contributed by atoms with Crippen LogP contribution in [-0.4, -0.2) is 42.3 Å². The van der Waals surface area contributed by atoms with E-state index in [4.69, 9.17) is 9.47 Å². The van der Waals surface area contributed by atoms with Crippen LogP contribution in [0.1, 0.15) is 28.9 Å². The third-order valence-electron chi connectivity index (χ3n) is 4.20. The first-order valence-electron chi connectivity index (χ1n) is 7.91. The molecule has 2 rings (SSSR count). The summed E-state index contributed by atoms with van der Waals surface area (Å²) in [5.41, 5.74) is 4.06. The maximum absolute atomic E-state index is 12.4. The minimum Gasteiger partial charge on any atom is -0.497 e. The number of nitrogens with one attached hydrogen (secondary N) is 1. The molecule has 0 aliphatic rings. The maximum Gasteiger partial charge on any atom is 0.222 e. The molecule has 130 valence electrons. The van der Waals surface area contributed by atoms with Gasteiger partial charge < -0.3 is 14.4 Å². The van der Waals surface area contributed by atoms with E-state index >= 15 is 0 Å². The van der Waals surface area contributed by atoms with Crippen molar-refractivity contribution in [2.45, 2.75) is 33.2 Å². The summed E-state index contributed by atoms with van der Waals surface area (Å²) in [6.45, 7) is 4.43. The van der Waals surface area contributed by atoms with Crippen LogP contribution in [0, 0.1) is 13.8 Å². The summed E-state index contributed by atoms with van der Waals surface area (Å²) >= 11 is 0. The Morgan fingerprint density at radius 3 is 2.58 bits per heavy atom. The predicted octanol–water partition coefficient (Wildman–Crippen LogP) is 2.63. The van der Waals surface area contributed by atoms with Gasteiger partial charge in [-0.15, -0.1) is 0 Å². The van der Waals surface area contributed by atoms with Crippen LogP contribution < -0.4 is 9.47 Å². The fourth-order valence-electron chi connectivity index (χ4n) is 2.69. The lowest BCUT2D eigenvalue weighted by Crippen LogP contribution is -2.26. The molecule has 6 nitrogen and oxygen atoms in total.